The van der Waals surface area contributed by atoms with Crippen LogP contribution in [0.3, 0.4) is 0 Å². The zero-order valence-electron chi connectivity index (χ0n) is 9.86. The maximum Gasteiger partial charge on any atom is 0.134 e. The molecule has 0 aliphatic carbocycles. The lowest BCUT2D eigenvalue weighted by atomic mass is 10.1. The maximum atomic E-state index is 4.43. The van der Waals surface area contributed by atoms with Gasteiger partial charge in [0.1, 0.15) is 5.82 Å². The van der Waals surface area contributed by atoms with Crippen molar-refractivity contribution in [3.05, 3.63) is 55.7 Å². The van der Waals surface area contributed by atoms with Crippen LogP contribution in [0.4, 0.5) is 5.82 Å². The highest BCUT2D eigenvalue weighted by Gasteiger charge is 2.06. The molecular weight excluding hydrogens is 388 g/mol. The van der Waals surface area contributed by atoms with E-state index < -0.39 is 0 Å². The van der Waals surface area contributed by atoms with Gasteiger partial charge in [-0.15, -0.1) is 11.3 Å². The minimum absolute atomic E-state index is 0.775. The molecule has 0 bridgehead atoms. The normalized spacial score (nSPS) is 10.8. The highest BCUT2D eigenvalue weighted by molar-refractivity contribution is 9.11. The molecule has 0 unspecified atom stereocenters. The molecule has 5 heteroatoms. The Morgan fingerprint density at radius 2 is 1.95 bits per heavy atom. The van der Waals surface area contributed by atoms with Crippen LogP contribution in [0.15, 0.2) is 50.9 Å². The van der Waals surface area contributed by atoms with Gasteiger partial charge in [0.15, 0.2) is 0 Å². The average molecular weight is 398 g/mol. The summed E-state index contributed by atoms with van der Waals surface area (Å²) in [6, 6.07) is 10.2. The van der Waals surface area contributed by atoms with Crippen LogP contribution in [0.25, 0.3) is 10.8 Å². The van der Waals surface area contributed by atoms with E-state index in [1.54, 1.807) is 11.3 Å². The number of thiophene rings is 1. The minimum atomic E-state index is 0.775. The molecule has 0 fully saturated rings. The molecule has 3 rings (SSSR count). The Labute approximate surface area is 132 Å². The van der Waals surface area contributed by atoms with Crippen LogP contribution in [-0.4, -0.2) is 4.98 Å². The first-order chi connectivity index (χ1) is 9.25. The highest BCUT2D eigenvalue weighted by Crippen LogP contribution is 2.29. The lowest BCUT2D eigenvalue weighted by Crippen LogP contribution is -2.00. The molecule has 1 N–H and O–H groups in total. The molecule has 2 heterocycles. The maximum absolute atomic E-state index is 4.43. The van der Waals surface area contributed by atoms with Gasteiger partial charge in [-0.3, -0.25) is 0 Å². The van der Waals surface area contributed by atoms with Crippen molar-refractivity contribution in [2.45, 2.75) is 6.54 Å². The van der Waals surface area contributed by atoms with Crippen LogP contribution < -0.4 is 5.32 Å². The Morgan fingerprint density at radius 3 is 2.74 bits per heavy atom. The Hall–Kier alpha value is -0.910. The van der Waals surface area contributed by atoms with Gasteiger partial charge in [0.2, 0.25) is 0 Å². The Balaban J connectivity index is 1.93. The SMILES string of the molecule is Brc1ccsc1CNc1nccc2c(Br)cccc12. The van der Waals surface area contributed by atoms with Crippen LogP contribution in [0, 0.1) is 0 Å². The molecule has 19 heavy (non-hydrogen) atoms. The topological polar surface area (TPSA) is 24.9 Å². The van der Waals surface area contributed by atoms with Crippen molar-refractivity contribution in [2.75, 3.05) is 5.32 Å². The monoisotopic (exact) mass is 396 g/mol. The second-order valence-electron chi connectivity index (χ2n) is 4.04. The number of nitrogens with zero attached hydrogens (tertiary/aromatic N) is 1. The molecule has 0 saturated carbocycles. The second-order valence-corrected chi connectivity index (χ2v) is 6.75. The van der Waals surface area contributed by atoms with Gasteiger partial charge in [0, 0.05) is 30.8 Å². The van der Waals surface area contributed by atoms with Gasteiger partial charge in [-0.05, 0) is 39.5 Å². The van der Waals surface area contributed by atoms with Crippen molar-refractivity contribution in [3.63, 3.8) is 0 Å². The third-order valence-electron chi connectivity index (χ3n) is 2.86. The first-order valence-corrected chi connectivity index (χ1v) is 8.21. The molecule has 0 saturated heterocycles. The summed E-state index contributed by atoms with van der Waals surface area (Å²) in [5, 5.41) is 7.78. The molecule has 0 aliphatic rings. The van der Waals surface area contributed by atoms with Gasteiger partial charge in [0.05, 0.1) is 6.54 Å². The lowest BCUT2D eigenvalue weighted by Gasteiger charge is -2.09. The van der Waals surface area contributed by atoms with Gasteiger partial charge in [0.25, 0.3) is 0 Å². The van der Waals surface area contributed by atoms with Crippen LogP contribution in [0.2, 0.25) is 0 Å². The molecule has 0 amide bonds. The number of pyridine rings is 1. The fraction of sp³-hybridized carbons (Fsp3) is 0.0714. The largest absolute Gasteiger partial charge is 0.365 e. The van der Waals surface area contributed by atoms with Crippen LogP contribution in [0.5, 0.6) is 0 Å². The fourth-order valence-corrected chi connectivity index (χ4v) is 3.86. The predicted molar refractivity (Wildman–Crippen MR) is 88.8 cm³/mol. The van der Waals surface area contributed by atoms with E-state index in [0.717, 1.165) is 26.7 Å². The van der Waals surface area contributed by atoms with Crippen LogP contribution in [-0.2, 0) is 6.54 Å². The van der Waals surface area contributed by atoms with E-state index in [2.05, 4.69) is 59.7 Å². The third kappa shape index (κ3) is 2.68. The van der Waals surface area contributed by atoms with Crippen molar-refractivity contribution >= 4 is 59.8 Å². The van der Waals surface area contributed by atoms with E-state index in [9.17, 15) is 0 Å². The van der Waals surface area contributed by atoms with E-state index in [0.29, 0.717) is 0 Å². The molecule has 2 nitrogen and oxygen atoms in total. The molecule has 0 spiro atoms. The molecular formula is C14H10Br2N2S. The average Bonchev–Trinajstić information content (AvgIpc) is 2.82. The number of hydrogen-bond donors (Lipinski definition) is 1. The Kier molecular flexibility index (Phi) is 3.86. The first-order valence-electron chi connectivity index (χ1n) is 5.74. The summed E-state index contributed by atoms with van der Waals surface area (Å²) in [6.45, 7) is 0.775. The molecule has 0 atom stereocenters. The number of rotatable bonds is 3. The molecule has 1 aromatic carbocycles. The van der Waals surface area contributed by atoms with Crippen molar-refractivity contribution in [1.82, 2.24) is 4.98 Å². The summed E-state index contributed by atoms with van der Waals surface area (Å²) in [4.78, 5) is 5.71. The van der Waals surface area contributed by atoms with E-state index in [1.165, 1.54) is 10.3 Å². The number of hydrogen-bond acceptors (Lipinski definition) is 3. The standard InChI is InChI=1S/C14H10Br2N2S/c15-11-3-1-2-10-9(11)4-6-17-14(10)18-8-13-12(16)5-7-19-13/h1-7H,8H2,(H,17,18). The van der Waals surface area contributed by atoms with Crippen LogP contribution in [0.1, 0.15) is 4.88 Å². The summed E-state index contributed by atoms with van der Waals surface area (Å²) in [7, 11) is 0. The Bertz CT molecular complexity index is 724. The highest BCUT2D eigenvalue weighted by atomic mass is 79.9. The van der Waals surface area contributed by atoms with Crippen LogP contribution >= 0.6 is 43.2 Å². The number of nitrogens with one attached hydrogen (secondary N) is 1. The molecule has 3 aromatic rings. The van der Waals surface area contributed by atoms with E-state index >= 15 is 0 Å². The van der Waals surface area contributed by atoms with Gasteiger partial charge in [-0.25, -0.2) is 4.98 Å². The molecule has 0 aliphatic heterocycles. The number of aromatic nitrogens is 1. The fourth-order valence-electron chi connectivity index (χ4n) is 1.92. The van der Waals surface area contributed by atoms with Gasteiger partial charge in [-0.1, -0.05) is 28.1 Å². The second kappa shape index (κ2) is 5.61. The summed E-state index contributed by atoms with van der Waals surface area (Å²) in [6.07, 6.45) is 1.83. The van der Waals surface area contributed by atoms with Gasteiger partial charge in [-0.2, -0.15) is 0 Å². The smallest absolute Gasteiger partial charge is 0.134 e. The minimum Gasteiger partial charge on any atom is -0.365 e. The molecule has 96 valence electrons. The summed E-state index contributed by atoms with van der Waals surface area (Å²) in [5.74, 6) is 0.916. The predicted octanol–water partition coefficient (Wildman–Crippen LogP) is 5.43. The van der Waals surface area contributed by atoms with Crippen molar-refractivity contribution in [3.8, 4) is 0 Å². The zero-order chi connectivity index (χ0) is 13.2. The Morgan fingerprint density at radius 1 is 1.05 bits per heavy atom. The number of fused-ring (bicyclic) bond motifs is 1. The first kappa shape index (κ1) is 13.1. The molecule has 0 radical (unpaired) electrons. The van der Waals surface area contributed by atoms with Crippen molar-refractivity contribution in [1.29, 1.82) is 0 Å². The summed E-state index contributed by atoms with van der Waals surface area (Å²) >= 11 is 8.85. The van der Waals surface area contributed by atoms with Gasteiger partial charge < -0.3 is 5.32 Å². The van der Waals surface area contributed by atoms with E-state index in [-0.39, 0.29) is 0 Å². The summed E-state index contributed by atoms with van der Waals surface area (Å²) in [5.41, 5.74) is 0. The summed E-state index contributed by atoms with van der Waals surface area (Å²) < 4.78 is 2.24. The van der Waals surface area contributed by atoms with E-state index in [4.69, 9.17) is 0 Å². The zero-order valence-corrected chi connectivity index (χ0v) is 13.8. The molecule has 2 aromatic heterocycles. The number of benzene rings is 1. The number of halogens is 2. The van der Waals surface area contributed by atoms with Gasteiger partial charge >= 0.3 is 0 Å². The third-order valence-corrected chi connectivity index (χ3v) is 5.48. The van der Waals surface area contributed by atoms with Crippen molar-refractivity contribution < 1.29 is 0 Å². The lowest BCUT2D eigenvalue weighted by molar-refractivity contribution is 1.15. The quantitative estimate of drug-likeness (QED) is 0.636. The van der Waals surface area contributed by atoms with Crippen molar-refractivity contribution in [2.24, 2.45) is 0 Å². The van der Waals surface area contributed by atoms with E-state index in [1.807, 2.05) is 24.4 Å². The number of anilines is 1.